The summed E-state index contributed by atoms with van der Waals surface area (Å²) in [5, 5.41) is 12.7. The largest absolute Gasteiger partial charge is 0.394 e. The fraction of sp³-hybridized carbons (Fsp3) is 0.250. The molecule has 0 radical (unpaired) electrons. The lowest BCUT2D eigenvalue weighted by Crippen LogP contribution is -2.16. The van der Waals surface area contributed by atoms with Crippen LogP contribution in [0.5, 0.6) is 0 Å². The summed E-state index contributed by atoms with van der Waals surface area (Å²) in [7, 11) is 0. The molecule has 0 aliphatic heterocycles. The Kier molecular flexibility index (Phi) is 4.53. The molecule has 2 aromatic carbocycles. The Bertz CT molecular complexity index is 542. The molecule has 0 saturated heterocycles. The monoisotopic (exact) mass is 259 g/mol. The number of benzene rings is 2. The van der Waals surface area contributed by atoms with Crippen molar-refractivity contribution >= 4 is 5.69 Å². The second-order valence-electron chi connectivity index (χ2n) is 4.44. The Labute approximate surface area is 112 Å². The highest BCUT2D eigenvalue weighted by Crippen LogP contribution is 2.23. The van der Waals surface area contributed by atoms with Crippen LogP contribution < -0.4 is 5.32 Å². The zero-order valence-electron chi connectivity index (χ0n) is 10.9. The van der Waals surface area contributed by atoms with Gasteiger partial charge in [0.2, 0.25) is 0 Å². The molecule has 2 nitrogen and oxygen atoms in total. The molecule has 1 atom stereocenters. The SMILES string of the molecule is CCc1ccccc1C(CO)Nc1cccc(F)c1. The zero-order valence-corrected chi connectivity index (χ0v) is 10.9. The summed E-state index contributed by atoms with van der Waals surface area (Å²) in [6.45, 7) is 2.04. The van der Waals surface area contributed by atoms with Gasteiger partial charge in [-0.1, -0.05) is 37.3 Å². The van der Waals surface area contributed by atoms with Gasteiger partial charge in [0.1, 0.15) is 5.82 Å². The number of anilines is 1. The summed E-state index contributed by atoms with van der Waals surface area (Å²) in [5.74, 6) is -0.287. The van der Waals surface area contributed by atoms with E-state index in [4.69, 9.17) is 0 Å². The van der Waals surface area contributed by atoms with Crippen molar-refractivity contribution in [2.45, 2.75) is 19.4 Å². The average Bonchev–Trinajstić information content (AvgIpc) is 2.45. The standard InChI is InChI=1S/C16H18FNO/c1-2-12-6-3-4-9-15(12)16(11-19)18-14-8-5-7-13(17)10-14/h3-10,16,18-19H,2,11H2,1H3. The summed E-state index contributed by atoms with van der Waals surface area (Å²) in [6, 6.07) is 14.0. The molecule has 0 aromatic heterocycles. The highest BCUT2D eigenvalue weighted by Gasteiger charge is 2.13. The van der Waals surface area contributed by atoms with Gasteiger partial charge >= 0.3 is 0 Å². The van der Waals surface area contributed by atoms with Crippen molar-refractivity contribution < 1.29 is 9.50 Å². The van der Waals surface area contributed by atoms with E-state index >= 15 is 0 Å². The van der Waals surface area contributed by atoms with Gasteiger partial charge in [-0.15, -0.1) is 0 Å². The van der Waals surface area contributed by atoms with Crippen molar-refractivity contribution in [2.24, 2.45) is 0 Å². The van der Waals surface area contributed by atoms with E-state index in [1.165, 1.54) is 17.7 Å². The fourth-order valence-corrected chi connectivity index (χ4v) is 2.20. The third-order valence-electron chi connectivity index (χ3n) is 3.16. The number of aliphatic hydroxyl groups excluding tert-OH is 1. The van der Waals surface area contributed by atoms with Crippen LogP contribution in [-0.4, -0.2) is 11.7 Å². The van der Waals surface area contributed by atoms with Gasteiger partial charge in [0, 0.05) is 5.69 Å². The smallest absolute Gasteiger partial charge is 0.125 e. The molecule has 100 valence electrons. The van der Waals surface area contributed by atoms with Crippen molar-refractivity contribution in [2.75, 3.05) is 11.9 Å². The molecular weight excluding hydrogens is 241 g/mol. The maximum Gasteiger partial charge on any atom is 0.125 e. The third kappa shape index (κ3) is 3.32. The summed E-state index contributed by atoms with van der Waals surface area (Å²) >= 11 is 0. The molecule has 0 saturated carbocycles. The highest BCUT2D eigenvalue weighted by molar-refractivity contribution is 5.46. The van der Waals surface area contributed by atoms with E-state index in [-0.39, 0.29) is 18.5 Å². The number of aliphatic hydroxyl groups is 1. The van der Waals surface area contributed by atoms with Gasteiger partial charge in [0.15, 0.2) is 0 Å². The van der Waals surface area contributed by atoms with E-state index in [9.17, 15) is 9.50 Å². The molecule has 2 N–H and O–H groups in total. The maximum absolute atomic E-state index is 13.2. The summed E-state index contributed by atoms with van der Waals surface area (Å²) in [4.78, 5) is 0. The minimum atomic E-state index is -0.287. The van der Waals surface area contributed by atoms with Gasteiger partial charge < -0.3 is 10.4 Å². The molecule has 19 heavy (non-hydrogen) atoms. The summed E-state index contributed by atoms with van der Waals surface area (Å²) < 4.78 is 13.2. The van der Waals surface area contributed by atoms with E-state index in [1.54, 1.807) is 12.1 Å². The lowest BCUT2D eigenvalue weighted by Gasteiger charge is -2.20. The van der Waals surface area contributed by atoms with E-state index in [0.717, 1.165) is 12.0 Å². The van der Waals surface area contributed by atoms with Gasteiger partial charge in [-0.05, 0) is 35.7 Å². The Morgan fingerprint density at radius 3 is 2.63 bits per heavy atom. The molecular formula is C16H18FNO. The van der Waals surface area contributed by atoms with Gasteiger partial charge in [-0.2, -0.15) is 0 Å². The third-order valence-corrected chi connectivity index (χ3v) is 3.16. The van der Waals surface area contributed by atoms with Gasteiger partial charge in [-0.25, -0.2) is 4.39 Å². The quantitative estimate of drug-likeness (QED) is 0.861. The molecule has 0 aliphatic carbocycles. The summed E-state index contributed by atoms with van der Waals surface area (Å²) in [5.41, 5.74) is 2.91. The highest BCUT2D eigenvalue weighted by atomic mass is 19.1. The summed E-state index contributed by atoms with van der Waals surface area (Å²) in [6.07, 6.45) is 0.900. The zero-order chi connectivity index (χ0) is 13.7. The first-order valence-electron chi connectivity index (χ1n) is 6.45. The number of nitrogens with one attached hydrogen (secondary N) is 1. The second kappa shape index (κ2) is 6.34. The molecule has 0 heterocycles. The van der Waals surface area contributed by atoms with Crippen LogP contribution in [0, 0.1) is 5.82 Å². The van der Waals surface area contributed by atoms with Crippen molar-refractivity contribution in [3.63, 3.8) is 0 Å². The normalized spacial score (nSPS) is 12.2. The van der Waals surface area contributed by atoms with Crippen LogP contribution in [0.25, 0.3) is 0 Å². The number of hydrogen-bond acceptors (Lipinski definition) is 2. The Morgan fingerprint density at radius 1 is 1.16 bits per heavy atom. The fourth-order valence-electron chi connectivity index (χ4n) is 2.20. The molecule has 2 aromatic rings. The number of halogens is 1. The minimum absolute atomic E-state index is 0.0342. The van der Waals surface area contributed by atoms with Crippen molar-refractivity contribution in [1.82, 2.24) is 0 Å². The molecule has 0 fully saturated rings. The topological polar surface area (TPSA) is 32.3 Å². The minimum Gasteiger partial charge on any atom is -0.394 e. The van der Waals surface area contributed by atoms with Crippen LogP contribution in [0.3, 0.4) is 0 Å². The maximum atomic E-state index is 13.2. The van der Waals surface area contributed by atoms with E-state index in [0.29, 0.717) is 5.69 Å². The van der Waals surface area contributed by atoms with E-state index < -0.39 is 0 Å². The van der Waals surface area contributed by atoms with Gasteiger partial charge in [0.25, 0.3) is 0 Å². The molecule has 0 bridgehead atoms. The molecule has 0 aliphatic rings. The van der Waals surface area contributed by atoms with E-state index in [1.807, 2.05) is 24.3 Å². The van der Waals surface area contributed by atoms with Crippen molar-refractivity contribution in [3.8, 4) is 0 Å². The number of hydrogen-bond donors (Lipinski definition) is 2. The Hall–Kier alpha value is -1.87. The van der Waals surface area contributed by atoms with Crippen LogP contribution in [0.4, 0.5) is 10.1 Å². The predicted octanol–water partition coefficient (Wildman–Crippen LogP) is 3.53. The predicted molar refractivity (Wildman–Crippen MR) is 75.7 cm³/mol. The van der Waals surface area contributed by atoms with Gasteiger partial charge in [0.05, 0.1) is 12.6 Å². The first kappa shape index (κ1) is 13.6. The molecule has 2 rings (SSSR count). The molecule has 0 spiro atoms. The molecule has 0 amide bonds. The van der Waals surface area contributed by atoms with Crippen molar-refractivity contribution in [3.05, 3.63) is 65.5 Å². The number of rotatable bonds is 5. The van der Waals surface area contributed by atoms with Crippen LogP contribution in [-0.2, 0) is 6.42 Å². The molecule has 1 unspecified atom stereocenters. The van der Waals surface area contributed by atoms with Crippen LogP contribution in [0.2, 0.25) is 0 Å². The average molecular weight is 259 g/mol. The lowest BCUT2D eigenvalue weighted by molar-refractivity contribution is 0.276. The first-order chi connectivity index (χ1) is 9.24. The first-order valence-corrected chi connectivity index (χ1v) is 6.45. The Morgan fingerprint density at radius 2 is 1.95 bits per heavy atom. The van der Waals surface area contributed by atoms with Crippen LogP contribution in [0.1, 0.15) is 24.1 Å². The van der Waals surface area contributed by atoms with Gasteiger partial charge in [-0.3, -0.25) is 0 Å². The second-order valence-corrected chi connectivity index (χ2v) is 4.44. The van der Waals surface area contributed by atoms with Crippen molar-refractivity contribution in [1.29, 1.82) is 0 Å². The Balaban J connectivity index is 2.25. The lowest BCUT2D eigenvalue weighted by atomic mass is 9.99. The van der Waals surface area contributed by atoms with Crippen LogP contribution in [0.15, 0.2) is 48.5 Å². The number of aryl methyl sites for hydroxylation is 1. The van der Waals surface area contributed by atoms with Crippen LogP contribution >= 0.6 is 0 Å². The van der Waals surface area contributed by atoms with E-state index in [2.05, 4.69) is 12.2 Å². The molecule has 3 heteroatoms.